The summed E-state index contributed by atoms with van der Waals surface area (Å²) in [6, 6.07) is 31.0. The quantitative estimate of drug-likeness (QED) is 0.159. The van der Waals surface area contributed by atoms with Gasteiger partial charge in [-0.05, 0) is 83.1 Å². The van der Waals surface area contributed by atoms with Crippen molar-refractivity contribution >= 4 is 17.8 Å². The van der Waals surface area contributed by atoms with Crippen LogP contribution in [0.4, 0.5) is 5.82 Å². The van der Waals surface area contributed by atoms with Gasteiger partial charge < -0.3 is 29.6 Å². The summed E-state index contributed by atoms with van der Waals surface area (Å²) in [4.78, 5) is 20.0. The normalized spacial score (nSPS) is 14.0. The Balaban J connectivity index is 1.35. The number of methoxy groups -OCH3 is 2. The zero-order valence-electron chi connectivity index (χ0n) is 27.4. The topological polar surface area (TPSA) is 96.1 Å². The smallest absolute Gasteiger partial charge is 0.256 e. The van der Waals surface area contributed by atoms with Crippen molar-refractivity contribution in [3.8, 4) is 23.0 Å². The summed E-state index contributed by atoms with van der Waals surface area (Å²) in [5.41, 5.74) is 12.4. The van der Waals surface area contributed by atoms with Crippen molar-refractivity contribution in [2.75, 3.05) is 26.5 Å². The van der Waals surface area contributed by atoms with Crippen LogP contribution in [0.3, 0.4) is 0 Å². The summed E-state index contributed by atoms with van der Waals surface area (Å²) in [5, 5.41) is 0. The highest BCUT2D eigenvalue weighted by molar-refractivity contribution is 5.95. The van der Waals surface area contributed by atoms with E-state index < -0.39 is 6.04 Å². The Labute approximate surface area is 281 Å². The molecule has 1 aromatic heterocycles. The third-order valence-corrected chi connectivity index (χ3v) is 8.48. The molecule has 1 aliphatic heterocycles. The molecule has 0 bridgehead atoms. The zero-order chi connectivity index (χ0) is 33.5. The Kier molecular flexibility index (Phi) is 9.91. The van der Waals surface area contributed by atoms with Gasteiger partial charge in [0, 0.05) is 12.7 Å². The predicted octanol–water partition coefficient (Wildman–Crippen LogP) is 7.60. The van der Waals surface area contributed by atoms with Gasteiger partial charge in [0.1, 0.15) is 19.0 Å². The van der Waals surface area contributed by atoms with Gasteiger partial charge in [0.2, 0.25) is 0 Å². The molecule has 1 aliphatic rings. The summed E-state index contributed by atoms with van der Waals surface area (Å²) in [6.45, 7) is 3.36. The largest absolute Gasteiger partial charge is 0.493 e. The molecule has 5 aromatic rings. The number of pyridine rings is 1. The summed E-state index contributed by atoms with van der Waals surface area (Å²) < 4.78 is 23.9. The second-order valence-corrected chi connectivity index (χ2v) is 11.6. The van der Waals surface area contributed by atoms with Crippen LogP contribution < -0.4 is 24.7 Å². The van der Waals surface area contributed by atoms with Crippen LogP contribution >= 0.6 is 0 Å². The first-order chi connectivity index (χ1) is 23.4. The van der Waals surface area contributed by atoms with Gasteiger partial charge in [-0.2, -0.15) is 0 Å². The molecule has 244 valence electrons. The number of carbonyl (C=O) groups excluding carboxylic acids is 1. The van der Waals surface area contributed by atoms with Gasteiger partial charge in [0.05, 0.1) is 25.8 Å². The molecule has 4 aromatic carbocycles. The first-order valence-electron chi connectivity index (χ1n) is 15.9. The number of aromatic nitrogens is 1. The number of hydrogen-bond donors (Lipinski definition) is 1. The van der Waals surface area contributed by atoms with Crippen LogP contribution in [-0.4, -0.2) is 36.6 Å². The van der Waals surface area contributed by atoms with Crippen LogP contribution in [0.15, 0.2) is 109 Å². The third kappa shape index (κ3) is 7.28. The van der Waals surface area contributed by atoms with E-state index in [0.717, 1.165) is 33.4 Å². The highest BCUT2D eigenvalue weighted by atomic mass is 16.5. The van der Waals surface area contributed by atoms with Crippen molar-refractivity contribution < 1.29 is 23.7 Å². The van der Waals surface area contributed by atoms with Gasteiger partial charge in [0.25, 0.3) is 5.91 Å². The Morgan fingerprint density at radius 1 is 0.833 bits per heavy atom. The van der Waals surface area contributed by atoms with Gasteiger partial charge in [-0.25, -0.2) is 4.98 Å². The number of hydrogen-bond acceptors (Lipinski definition) is 7. The predicted molar refractivity (Wildman–Crippen MR) is 187 cm³/mol. The third-order valence-electron chi connectivity index (χ3n) is 8.48. The number of rotatable bonds is 11. The molecule has 48 heavy (non-hydrogen) atoms. The SMILES string of the molecule is COc1cc(C)c(/C=C/C2c3cc(OC)c(OCc4ccccc4)cc3CCN2C(=O)c2ccc(N)nc2)cc1OCc1ccccc1. The van der Waals surface area contributed by atoms with Crippen molar-refractivity contribution in [2.24, 2.45) is 0 Å². The molecule has 0 saturated carbocycles. The van der Waals surface area contributed by atoms with E-state index in [1.54, 1.807) is 26.4 Å². The van der Waals surface area contributed by atoms with Crippen molar-refractivity contribution in [2.45, 2.75) is 32.6 Å². The van der Waals surface area contributed by atoms with Gasteiger partial charge in [-0.3, -0.25) is 4.79 Å². The van der Waals surface area contributed by atoms with Crippen LogP contribution in [0.5, 0.6) is 23.0 Å². The maximum atomic E-state index is 14.0. The van der Waals surface area contributed by atoms with E-state index in [2.05, 4.69) is 11.1 Å². The second-order valence-electron chi connectivity index (χ2n) is 11.6. The van der Waals surface area contributed by atoms with Gasteiger partial charge >= 0.3 is 0 Å². The number of nitrogens with zero attached hydrogens (tertiary/aromatic N) is 2. The van der Waals surface area contributed by atoms with Crippen LogP contribution in [0.25, 0.3) is 6.08 Å². The fourth-order valence-electron chi connectivity index (χ4n) is 5.86. The lowest BCUT2D eigenvalue weighted by Crippen LogP contribution is -2.39. The van der Waals surface area contributed by atoms with E-state index in [9.17, 15) is 4.79 Å². The number of amides is 1. The number of nitrogens with two attached hydrogens (primary N) is 1. The molecular formula is C40H39N3O5. The molecule has 1 unspecified atom stereocenters. The fraction of sp³-hybridized carbons (Fsp3) is 0.200. The Morgan fingerprint density at radius 2 is 1.46 bits per heavy atom. The Bertz CT molecular complexity index is 1890. The molecule has 2 heterocycles. The molecular weight excluding hydrogens is 602 g/mol. The maximum absolute atomic E-state index is 14.0. The number of benzene rings is 4. The first kappa shape index (κ1) is 32.2. The minimum Gasteiger partial charge on any atom is -0.493 e. The summed E-state index contributed by atoms with van der Waals surface area (Å²) in [6.07, 6.45) is 6.27. The van der Waals surface area contributed by atoms with E-state index >= 15 is 0 Å². The number of anilines is 1. The average Bonchev–Trinajstić information content (AvgIpc) is 3.13. The minimum absolute atomic E-state index is 0.135. The number of nitrogen functional groups attached to an aromatic ring is 1. The monoisotopic (exact) mass is 641 g/mol. The lowest BCUT2D eigenvalue weighted by atomic mass is 9.90. The molecule has 0 aliphatic carbocycles. The van der Waals surface area contributed by atoms with E-state index in [-0.39, 0.29) is 5.91 Å². The second kappa shape index (κ2) is 14.8. The van der Waals surface area contributed by atoms with E-state index in [1.165, 1.54) is 6.20 Å². The Hall–Kier alpha value is -5.76. The fourth-order valence-corrected chi connectivity index (χ4v) is 5.86. The average molecular weight is 642 g/mol. The molecule has 8 nitrogen and oxygen atoms in total. The Morgan fingerprint density at radius 3 is 2.06 bits per heavy atom. The van der Waals surface area contributed by atoms with Crippen molar-refractivity contribution in [3.05, 3.63) is 148 Å². The van der Waals surface area contributed by atoms with E-state index in [4.69, 9.17) is 24.7 Å². The zero-order valence-corrected chi connectivity index (χ0v) is 27.4. The molecule has 1 atom stereocenters. The van der Waals surface area contributed by atoms with E-state index in [0.29, 0.717) is 60.6 Å². The molecule has 0 radical (unpaired) electrons. The number of fused-ring (bicyclic) bond motifs is 1. The van der Waals surface area contributed by atoms with Gasteiger partial charge in [-0.1, -0.05) is 72.8 Å². The van der Waals surface area contributed by atoms with E-state index in [1.807, 2.05) is 103 Å². The van der Waals surface area contributed by atoms with Crippen LogP contribution in [0, 0.1) is 6.92 Å². The molecule has 8 heteroatoms. The molecule has 2 N–H and O–H groups in total. The number of ether oxygens (including phenoxy) is 4. The van der Waals surface area contributed by atoms with Crippen molar-refractivity contribution in [3.63, 3.8) is 0 Å². The summed E-state index contributed by atoms with van der Waals surface area (Å²) in [7, 11) is 3.27. The minimum atomic E-state index is -0.397. The lowest BCUT2D eigenvalue weighted by Gasteiger charge is -2.36. The van der Waals surface area contributed by atoms with Crippen LogP contribution in [-0.2, 0) is 19.6 Å². The highest BCUT2D eigenvalue weighted by Crippen LogP contribution is 2.40. The molecule has 0 spiro atoms. The first-order valence-corrected chi connectivity index (χ1v) is 15.9. The maximum Gasteiger partial charge on any atom is 0.256 e. The van der Waals surface area contributed by atoms with Crippen molar-refractivity contribution in [1.82, 2.24) is 9.88 Å². The van der Waals surface area contributed by atoms with Crippen LogP contribution in [0.1, 0.15) is 49.8 Å². The standard InChI is InChI=1S/C40H39N3O5/c1-27-20-35(45-2)37(47-25-28-10-6-4-7-11-28)21-30(27)14-16-34-33-23-36(46-3)38(48-26-29-12-8-5-9-13-29)22-31(33)18-19-43(34)40(44)32-15-17-39(41)42-24-32/h4-17,20-24,34H,18-19,25-26H2,1-3H3,(H2,41,42)/b16-14+. The number of carbonyl (C=O) groups is 1. The molecule has 1 amide bonds. The molecule has 0 saturated heterocycles. The van der Waals surface area contributed by atoms with Gasteiger partial charge in [-0.15, -0.1) is 0 Å². The van der Waals surface area contributed by atoms with Crippen LogP contribution in [0.2, 0.25) is 0 Å². The summed E-state index contributed by atoms with van der Waals surface area (Å²) >= 11 is 0. The number of aryl methyl sites for hydroxylation is 1. The molecule has 6 rings (SSSR count). The van der Waals surface area contributed by atoms with Crippen molar-refractivity contribution in [1.29, 1.82) is 0 Å². The van der Waals surface area contributed by atoms with Gasteiger partial charge in [0.15, 0.2) is 23.0 Å². The highest BCUT2D eigenvalue weighted by Gasteiger charge is 2.31. The lowest BCUT2D eigenvalue weighted by molar-refractivity contribution is 0.0700. The summed E-state index contributed by atoms with van der Waals surface area (Å²) in [5.74, 6) is 2.78. The molecule has 0 fully saturated rings.